The van der Waals surface area contributed by atoms with Gasteiger partial charge in [-0.3, -0.25) is 4.57 Å². The molecule has 0 unspecified atom stereocenters. The molecule has 16 heavy (non-hydrogen) atoms. The summed E-state index contributed by atoms with van der Waals surface area (Å²) in [6, 6.07) is 0.173. The Hall–Kier alpha value is -1.11. The van der Waals surface area contributed by atoms with Crippen LogP contribution < -0.4 is 5.73 Å². The lowest BCUT2D eigenvalue weighted by Crippen LogP contribution is -2.17. The van der Waals surface area contributed by atoms with Gasteiger partial charge in [0.25, 0.3) is 5.16 Å². The summed E-state index contributed by atoms with van der Waals surface area (Å²) in [5.41, 5.74) is 5.63. The van der Waals surface area contributed by atoms with Crippen molar-refractivity contribution in [2.24, 2.45) is 5.92 Å². The number of hydrogen-bond acceptors (Lipinski definition) is 5. The maximum Gasteiger partial charge on any atom is 0.251 e. The van der Waals surface area contributed by atoms with E-state index in [1.807, 2.05) is 13.8 Å². The summed E-state index contributed by atoms with van der Waals surface area (Å²) in [5.74, 6) is 0.345. The van der Waals surface area contributed by atoms with E-state index in [4.69, 9.17) is 5.73 Å². The van der Waals surface area contributed by atoms with E-state index in [0.717, 1.165) is 12.8 Å². The molecule has 1 fully saturated rings. The summed E-state index contributed by atoms with van der Waals surface area (Å²) in [5, 5.41) is 7.39. The van der Waals surface area contributed by atoms with Gasteiger partial charge in [-0.05, 0) is 18.8 Å². The monoisotopic (exact) mass is 244 g/mol. The Morgan fingerprint density at radius 3 is 2.56 bits per heavy atom. The molecule has 1 aromatic heterocycles. The Morgan fingerprint density at radius 1 is 1.44 bits per heavy atom. The zero-order chi connectivity index (χ0) is 11.9. The second kappa shape index (κ2) is 3.73. The first-order chi connectivity index (χ1) is 7.42. The number of sulfone groups is 1. The van der Waals surface area contributed by atoms with Gasteiger partial charge in [0.15, 0.2) is 0 Å². The molecule has 1 heterocycles. The molecule has 0 radical (unpaired) electrons. The van der Waals surface area contributed by atoms with E-state index in [0.29, 0.717) is 0 Å². The minimum atomic E-state index is -3.37. The molecule has 0 saturated heterocycles. The quantitative estimate of drug-likeness (QED) is 0.838. The summed E-state index contributed by atoms with van der Waals surface area (Å²) in [6.45, 7) is 3.72. The molecular weight excluding hydrogens is 228 g/mol. The topological polar surface area (TPSA) is 90.9 Å². The van der Waals surface area contributed by atoms with E-state index in [1.165, 1.54) is 0 Å². The van der Waals surface area contributed by atoms with E-state index in [1.54, 1.807) is 4.57 Å². The Bertz CT molecular complexity index is 488. The van der Waals surface area contributed by atoms with Crippen molar-refractivity contribution < 1.29 is 8.42 Å². The van der Waals surface area contributed by atoms with Crippen LogP contribution in [0.3, 0.4) is 0 Å². The van der Waals surface area contributed by atoms with E-state index in [9.17, 15) is 8.42 Å². The number of nitrogens with two attached hydrogens (primary N) is 1. The fourth-order valence-corrected chi connectivity index (χ4v) is 3.42. The second-order valence-corrected chi connectivity index (χ2v) is 6.55. The number of aromatic nitrogens is 3. The fourth-order valence-electron chi connectivity index (χ4n) is 1.69. The lowest BCUT2D eigenvalue weighted by molar-refractivity contribution is 0.555. The number of hydrogen-bond donors (Lipinski definition) is 1. The van der Waals surface area contributed by atoms with Gasteiger partial charge < -0.3 is 5.73 Å². The predicted molar refractivity (Wildman–Crippen MR) is 59.6 cm³/mol. The van der Waals surface area contributed by atoms with Crippen LogP contribution >= 0.6 is 0 Å². The first-order valence-corrected chi connectivity index (χ1v) is 7.00. The largest absolute Gasteiger partial charge is 0.368 e. The summed E-state index contributed by atoms with van der Waals surface area (Å²) in [6.07, 6.45) is 1.90. The Labute approximate surface area is 94.8 Å². The Morgan fingerprint density at radius 2 is 2.06 bits per heavy atom. The van der Waals surface area contributed by atoms with Gasteiger partial charge in [0.2, 0.25) is 15.8 Å². The first kappa shape index (κ1) is 11.4. The highest BCUT2D eigenvalue weighted by Gasteiger charge is 2.33. The average Bonchev–Trinajstić information content (AvgIpc) is 2.87. The standard InChI is InChI=1S/C9H16N4O2S/c1-6(2)5-16(14,15)9-12-11-8(10)13(9)7-3-4-7/h6-7H,3-5H2,1-2H3,(H2,10,11). The van der Waals surface area contributed by atoms with Crippen molar-refractivity contribution in [3.05, 3.63) is 0 Å². The van der Waals surface area contributed by atoms with Crippen molar-refractivity contribution in [3.8, 4) is 0 Å². The van der Waals surface area contributed by atoms with Crippen LogP contribution in [0, 0.1) is 5.92 Å². The van der Waals surface area contributed by atoms with Gasteiger partial charge in [-0.15, -0.1) is 10.2 Å². The number of nitrogen functional groups attached to an aromatic ring is 1. The molecular formula is C9H16N4O2S. The van der Waals surface area contributed by atoms with Gasteiger partial charge in [-0.1, -0.05) is 13.8 Å². The molecule has 6 nitrogen and oxygen atoms in total. The zero-order valence-corrected chi connectivity index (χ0v) is 10.2. The fraction of sp³-hybridized carbons (Fsp3) is 0.778. The smallest absolute Gasteiger partial charge is 0.251 e. The van der Waals surface area contributed by atoms with E-state index in [2.05, 4.69) is 10.2 Å². The highest BCUT2D eigenvalue weighted by molar-refractivity contribution is 7.91. The van der Waals surface area contributed by atoms with Crippen molar-refractivity contribution in [2.75, 3.05) is 11.5 Å². The van der Waals surface area contributed by atoms with Crippen molar-refractivity contribution in [1.29, 1.82) is 0 Å². The molecule has 1 aliphatic rings. The molecule has 0 spiro atoms. The van der Waals surface area contributed by atoms with Gasteiger partial charge in [-0.2, -0.15) is 0 Å². The van der Waals surface area contributed by atoms with Crippen molar-refractivity contribution in [2.45, 2.75) is 37.9 Å². The van der Waals surface area contributed by atoms with Crippen LogP contribution in [0.25, 0.3) is 0 Å². The molecule has 0 aliphatic heterocycles. The Kier molecular flexibility index (Phi) is 2.65. The summed E-state index contributed by atoms with van der Waals surface area (Å²) in [4.78, 5) is 0. The minimum Gasteiger partial charge on any atom is -0.368 e. The van der Waals surface area contributed by atoms with E-state index in [-0.39, 0.29) is 28.8 Å². The van der Waals surface area contributed by atoms with Gasteiger partial charge in [0.05, 0.1) is 5.75 Å². The molecule has 90 valence electrons. The normalized spacial score (nSPS) is 16.9. The maximum atomic E-state index is 12.0. The summed E-state index contributed by atoms with van der Waals surface area (Å²) >= 11 is 0. The van der Waals surface area contributed by atoms with Gasteiger partial charge in [0, 0.05) is 6.04 Å². The zero-order valence-electron chi connectivity index (χ0n) is 9.42. The van der Waals surface area contributed by atoms with Crippen LogP contribution in [-0.2, 0) is 9.84 Å². The molecule has 2 N–H and O–H groups in total. The lowest BCUT2D eigenvalue weighted by Gasteiger charge is -2.08. The van der Waals surface area contributed by atoms with E-state index < -0.39 is 9.84 Å². The molecule has 7 heteroatoms. The number of nitrogens with zero attached hydrogens (tertiary/aromatic N) is 3. The second-order valence-electron chi connectivity index (χ2n) is 4.62. The highest BCUT2D eigenvalue weighted by Crippen LogP contribution is 2.38. The van der Waals surface area contributed by atoms with Crippen LogP contribution in [-0.4, -0.2) is 28.9 Å². The minimum absolute atomic E-state index is 0.0289. The molecule has 0 atom stereocenters. The molecule has 0 bridgehead atoms. The molecule has 1 aliphatic carbocycles. The molecule has 2 rings (SSSR count). The molecule has 1 saturated carbocycles. The van der Waals surface area contributed by atoms with Crippen LogP contribution in [0.2, 0.25) is 0 Å². The summed E-state index contributed by atoms with van der Waals surface area (Å²) in [7, 11) is -3.37. The SMILES string of the molecule is CC(C)CS(=O)(=O)c1nnc(N)n1C1CC1. The van der Waals surface area contributed by atoms with Crippen molar-refractivity contribution in [3.63, 3.8) is 0 Å². The van der Waals surface area contributed by atoms with Crippen molar-refractivity contribution in [1.82, 2.24) is 14.8 Å². The van der Waals surface area contributed by atoms with Gasteiger partial charge >= 0.3 is 0 Å². The molecule has 0 amide bonds. The molecule has 1 aromatic rings. The highest BCUT2D eigenvalue weighted by atomic mass is 32.2. The van der Waals surface area contributed by atoms with Gasteiger partial charge in [-0.25, -0.2) is 8.42 Å². The number of anilines is 1. The van der Waals surface area contributed by atoms with Crippen LogP contribution in [0.5, 0.6) is 0 Å². The predicted octanol–water partition coefficient (Wildman–Crippen LogP) is 0.625. The third-order valence-electron chi connectivity index (χ3n) is 2.43. The molecule has 0 aromatic carbocycles. The third-order valence-corrected chi connectivity index (χ3v) is 4.37. The third kappa shape index (κ3) is 2.04. The Balaban J connectivity index is 2.40. The lowest BCUT2D eigenvalue weighted by atomic mass is 10.3. The van der Waals surface area contributed by atoms with Crippen LogP contribution in [0.1, 0.15) is 32.7 Å². The van der Waals surface area contributed by atoms with Gasteiger partial charge in [0.1, 0.15) is 0 Å². The van der Waals surface area contributed by atoms with Crippen LogP contribution in [0.15, 0.2) is 5.16 Å². The average molecular weight is 244 g/mol. The maximum absolute atomic E-state index is 12.0. The van der Waals surface area contributed by atoms with Crippen molar-refractivity contribution >= 4 is 15.8 Å². The summed E-state index contributed by atoms with van der Waals surface area (Å²) < 4.78 is 25.6. The first-order valence-electron chi connectivity index (χ1n) is 5.35. The van der Waals surface area contributed by atoms with Crippen LogP contribution in [0.4, 0.5) is 5.95 Å². The van der Waals surface area contributed by atoms with E-state index >= 15 is 0 Å². The number of rotatable bonds is 4.